The van der Waals surface area contributed by atoms with E-state index in [0.29, 0.717) is 19.5 Å². The number of ether oxygens (including phenoxy) is 1. The summed E-state index contributed by atoms with van der Waals surface area (Å²) in [6.07, 6.45) is 4.73. The Balaban J connectivity index is 1.64. The lowest BCUT2D eigenvalue weighted by Crippen LogP contribution is -2.46. The molecule has 0 aromatic heterocycles. The number of fused-ring (bicyclic) bond motifs is 2. The molecule has 18 heavy (non-hydrogen) atoms. The van der Waals surface area contributed by atoms with E-state index in [1.54, 1.807) is 4.90 Å². The third kappa shape index (κ3) is 2.00. The fraction of sp³-hybridized carbons (Fsp3) is 0.846. The average Bonchev–Trinajstić information content (AvgIpc) is 3.00. The van der Waals surface area contributed by atoms with Gasteiger partial charge in [0, 0.05) is 13.1 Å². The van der Waals surface area contributed by atoms with Crippen molar-refractivity contribution in [3.8, 4) is 0 Å². The number of carboxylic acid groups (broad SMARTS) is 1. The summed E-state index contributed by atoms with van der Waals surface area (Å²) in [7, 11) is 0. The van der Waals surface area contributed by atoms with Crippen molar-refractivity contribution in [3.05, 3.63) is 0 Å². The van der Waals surface area contributed by atoms with Crippen molar-refractivity contribution in [3.63, 3.8) is 0 Å². The Bertz CT molecular complexity index is 370. The molecule has 0 saturated carbocycles. The molecule has 3 saturated heterocycles. The van der Waals surface area contributed by atoms with Gasteiger partial charge in [-0.3, -0.25) is 9.59 Å². The number of hydrogen-bond donors (Lipinski definition) is 1. The van der Waals surface area contributed by atoms with Gasteiger partial charge in [-0.1, -0.05) is 0 Å². The zero-order valence-electron chi connectivity index (χ0n) is 10.4. The molecule has 0 aromatic carbocycles. The van der Waals surface area contributed by atoms with Crippen LogP contribution < -0.4 is 0 Å². The van der Waals surface area contributed by atoms with Crippen LogP contribution in [0.5, 0.6) is 0 Å². The molecular formula is C13H19NO4. The minimum Gasteiger partial charge on any atom is -0.481 e. The Kier molecular flexibility index (Phi) is 3.01. The van der Waals surface area contributed by atoms with E-state index in [1.165, 1.54) is 0 Å². The van der Waals surface area contributed by atoms with E-state index in [9.17, 15) is 9.59 Å². The van der Waals surface area contributed by atoms with Crippen LogP contribution in [0.2, 0.25) is 0 Å². The standard InChI is InChI=1S/C13H19NO4/c15-12(10-6-9-3-4-11(10)18-9)14-5-1-2-8(7-14)13(16)17/h8-11H,1-7H2,(H,16,17). The smallest absolute Gasteiger partial charge is 0.308 e. The maximum atomic E-state index is 12.4. The highest BCUT2D eigenvalue weighted by Gasteiger charge is 2.46. The van der Waals surface area contributed by atoms with E-state index in [0.717, 1.165) is 25.7 Å². The second kappa shape index (κ2) is 4.53. The number of aliphatic carboxylic acids is 1. The second-order valence-corrected chi connectivity index (χ2v) is 5.68. The first-order valence-electron chi connectivity index (χ1n) is 6.82. The molecule has 3 heterocycles. The van der Waals surface area contributed by atoms with Crippen LogP contribution in [0.1, 0.15) is 32.1 Å². The number of carbonyl (C=O) groups excluding carboxylic acids is 1. The normalized spacial score (nSPS) is 39.0. The molecule has 0 aromatic rings. The van der Waals surface area contributed by atoms with Crippen LogP contribution in [0, 0.1) is 11.8 Å². The van der Waals surface area contributed by atoms with Crippen LogP contribution in [0.15, 0.2) is 0 Å². The molecule has 2 bridgehead atoms. The molecule has 0 aliphatic carbocycles. The number of amides is 1. The molecule has 5 nitrogen and oxygen atoms in total. The summed E-state index contributed by atoms with van der Waals surface area (Å²) in [5.74, 6) is -1.07. The molecule has 4 atom stereocenters. The number of likely N-dealkylation sites (tertiary alicyclic amines) is 1. The van der Waals surface area contributed by atoms with Crippen molar-refractivity contribution in [2.75, 3.05) is 13.1 Å². The van der Waals surface area contributed by atoms with Crippen LogP contribution in [0.4, 0.5) is 0 Å². The topological polar surface area (TPSA) is 66.8 Å². The molecule has 4 unspecified atom stereocenters. The summed E-state index contributed by atoms with van der Waals surface area (Å²) in [6.45, 7) is 1.08. The Hall–Kier alpha value is -1.10. The van der Waals surface area contributed by atoms with Gasteiger partial charge in [0.15, 0.2) is 0 Å². The predicted octanol–water partition coefficient (Wildman–Crippen LogP) is 0.877. The maximum Gasteiger partial charge on any atom is 0.308 e. The van der Waals surface area contributed by atoms with Gasteiger partial charge in [-0.15, -0.1) is 0 Å². The fourth-order valence-corrected chi connectivity index (χ4v) is 3.51. The van der Waals surface area contributed by atoms with Crippen molar-refractivity contribution >= 4 is 11.9 Å². The Morgan fingerprint density at radius 3 is 2.67 bits per heavy atom. The minimum atomic E-state index is -0.781. The first kappa shape index (κ1) is 12.0. The predicted molar refractivity (Wildman–Crippen MR) is 62.9 cm³/mol. The third-order valence-electron chi connectivity index (χ3n) is 4.51. The van der Waals surface area contributed by atoms with Crippen molar-refractivity contribution in [1.29, 1.82) is 0 Å². The van der Waals surface area contributed by atoms with Gasteiger partial charge in [-0.2, -0.15) is 0 Å². The van der Waals surface area contributed by atoms with Crippen LogP contribution in [0.25, 0.3) is 0 Å². The lowest BCUT2D eigenvalue weighted by Gasteiger charge is -2.33. The quantitative estimate of drug-likeness (QED) is 0.793. The van der Waals surface area contributed by atoms with Crippen LogP contribution in [-0.4, -0.2) is 47.2 Å². The first-order chi connectivity index (χ1) is 8.65. The molecule has 1 N–H and O–H groups in total. The maximum absolute atomic E-state index is 12.4. The molecule has 1 amide bonds. The molecule has 0 spiro atoms. The monoisotopic (exact) mass is 253 g/mol. The number of carbonyl (C=O) groups is 2. The van der Waals surface area contributed by atoms with Crippen molar-refractivity contribution in [1.82, 2.24) is 4.90 Å². The summed E-state index contributed by atoms with van der Waals surface area (Å²) in [5.41, 5.74) is 0. The van der Waals surface area contributed by atoms with Gasteiger partial charge in [-0.05, 0) is 32.1 Å². The highest BCUT2D eigenvalue weighted by Crippen LogP contribution is 2.40. The van der Waals surface area contributed by atoms with Crippen molar-refractivity contribution in [2.24, 2.45) is 11.8 Å². The van der Waals surface area contributed by atoms with Gasteiger partial charge in [0.05, 0.1) is 24.0 Å². The lowest BCUT2D eigenvalue weighted by atomic mass is 9.87. The van der Waals surface area contributed by atoms with Gasteiger partial charge in [0.2, 0.25) is 5.91 Å². The molecule has 5 heteroatoms. The summed E-state index contributed by atoms with van der Waals surface area (Å²) >= 11 is 0. The molecule has 3 aliphatic heterocycles. The SMILES string of the molecule is O=C(O)C1CCCN(C(=O)C2CC3CCC2O3)C1. The summed E-state index contributed by atoms with van der Waals surface area (Å²) < 4.78 is 5.71. The summed E-state index contributed by atoms with van der Waals surface area (Å²) in [5, 5.41) is 9.05. The van der Waals surface area contributed by atoms with Crippen LogP contribution in [-0.2, 0) is 14.3 Å². The third-order valence-corrected chi connectivity index (χ3v) is 4.51. The van der Waals surface area contributed by atoms with Gasteiger partial charge in [0.1, 0.15) is 0 Å². The molecule has 3 fully saturated rings. The van der Waals surface area contributed by atoms with Crippen molar-refractivity contribution in [2.45, 2.75) is 44.3 Å². The zero-order chi connectivity index (χ0) is 12.7. The Labute approximate surface area is 106 Å². The first-order valence-corrected chi connectivity index (χ1v) is 6.82. The Morgan fingerprint density at radius 1 is 1.22 bits per heavy atom. The number of rotatable bonds is 2. The molecule has 0 radical (unpaired) electrons. The zero-order valence-corrected chi connectivity index (χ0v) is 10.4. The van der Waals surface area contributed by atoms with E-state index < -0.39 is 5.97 Å². The number of carboxylic acids is 1. The van der Waals surface area contributed by atoms with E-state index in [2.05, 4.69) is 0 Å². The van der Waals surface area contributed by atoms with Gasteiger partial charge in [0.25, 0.3) is 0 Å². The summed E-state index contributed by atoms with van der Waals surface area (Å²) in [6, 6.07) is 0. The van der Waals surface area contributed by atoms with Crippen LogP contribution in [0.3, 0.4) is 0 Å². The highest BCUT2D eigenvalue weighted by atomic mass is 16.5. The molecule has 100 valence electrons. The minimum absolute atomic E-state index is 0.0173. The van der Waals surface area contributed by atoms with Crippen LogP contribution >= 0.6 is 0 Å². The average molecular weight is 253 g/mol. The summed E-state index contributed by atoms with van der Waals surface area (Å²) in [4.78, 5) is 25.2. The van der Waals surface area contributed by atoms with Crippen molar-refractivity contribution < 1.29 is 19.4 Å². The van der Waals surface area contributed by atoms with Gasteiger partial charge in [-0.25, -0.2) is 0 Å². The number of piperidine rings is 1. The Morgan fingerprint density at radius 2 is 2.06 bits per heavy atom. The highest BCUT2D eigenvalue weighted by molar-refractivity contribution is 5.81. The molecule has 3 aliphatic rings. The van der Waals surface area contributed by atoms with Gasteiger partial charge >= 0.3 is 5.97 Å². The lowest BCUT2D eigenvalue weighted by molar-refractivity contribution is -0.147. The molecule has 3 rings (SSSR count). The number of hydrogen-bond acceptors (Lipinski definition) is 3. The van der Waals surface area contributed by atoms with E-state index in [1.807, 2.05) is 0 Å². The number of nitrogens with zero attached hydrogens (tertiary/aromatic N) is 1. The van der Waals surface area contributed by atoms with Gasteiger partial charge < -0.3 is 14.7 Å². The van der Waals surface area contributed by atoms with E-state index in [-0.39, 0.29) is 30.0 Å². The van der Waals surface area contributed by atoms with E-state index in [4.69, 9.17) is 9.84 Å². The van der Waals surface area contributed by atoms with E-state index >= 15 is 0 Å². The second-order valence-electron chi connectivity index (χ2n) is 5.68. The largest absolute Gasteiger partial charge is 0.481 e. The fourth-order valence-electron chi connectivity index (χ4n) is 3.51. The molecular weight excluding hydrogens is 234 g/mol.